The van der Waals surface area contributed by atoms with Crippen LogP contribution in [0.15, 0.2) is 16.7 Å². The maximum absolute atomic E-state index is 6.02. The molecule has 0 bridgehead atoms. The highest BCUT2D eigenvalue weighted by Crippen LogP contribution is 2.27. The first-order valence-electron chi connectivity index (χ1n) is 7.17. The third-order valence-electron chi connectivity index (χ3n) is 3.27. The lowest BCUT2D eigenvalue weighted by Crippen LogP contribution is -2.20. The van der Waals surface area contributed by atoms with Crippen molar-refractivity contribution in [2.24, 2.45) is 5.73 Å². The van der Waals surface area contributed by atoms with E-state index in [4.69, 9.17) is 15.0 Å². The number of benzene rings is 1. The van der Waals surface area contributed by atoms with Crippen molar-refractivity contribution in [3.8, 4) is 11.5 Å². The van der Waals surface area contributed by atoms with Gasteiger partial charge in [0.2, 0.25) is 0 Å². The summed E-state index contributed by atoms with van der Waals surface area (Å²) in [6.45, 7) is 10.5. The third-order valence-corrected chi connectivity index (χ3v) is 3.27. The molecular formula is C16H23N3O2. The van der Waals surface area contributed by atoms with E-state index in [-0.39, 0.29) is 12.1 Å². The highest BCUT2D eigenvalue weighted by molar-refractivity contribution is 5.63. The normalized spacial score (nSPS) is 12.9. The average molecular weight is 289 g/mol. The zero-order chi connectivity index (χ0) is 15.6. The molecule has 5 heteroatoms. The van der Waals surface area contributed by atoms with Crippen LogP contribution >= 0.6 is 0 Å². The second-order valence-corrected chi connectivity index (χ2v) is 5.72. The lowest BCUT2D eigenvalue weighted by Gasteiger charge is -2.10. The summed E-state index contributed by atoms with van der Waals surface area (Å²) in [5.74, 6) is 0.991. The second-order valence-electron chi connectivity index (χ2n) is 5.72. The first-order valence-corrected chi connectivity index (χ1v) is 7.17. The number of nitrogens with two attached hydrogens (primary N) is 1. The van der Waals surface area contributed by atoms with Crippen LogP contribution in [0.3, 0.4) is 0 Å². The summed E-state index contributed by atoms with van der Waals surface area (Å²) in [6, 6.07) is 3.83. The molecule has 2 aromatic rings. The van der Waals surface area contributed by atoms with Crippen LogP contribution in [0.25, 0.3) is 11.5 Å². The Bertz CT molecular complexity index is 597. The number of aromatic nitrogens is 2. The van der Waals surface area contributed by atoms with E-state index in [1.54, 1.807) is 0 Å². The van der Waals surface area contributed by atoms with Crippen LogP contribution in [0.2, 0.25) is 0 Å². The minimum atomic E-state index is -0.379. The molecule has 1 unspecified atom stereocenters. The van der Waals surface area contributed by atoms with E-state index < -0.39 is 0 Å². The standard InChI is InChI=1S/C16H23N3O2/c1-9(2)20-8-13(17)15-18-16(21-19-15)14-11(4)6-10(3)7-12(14)5/h6-7,9,13H,8,17H2,1-5H3. The molecule has 5 nitrogen and oxygen atoms in total. The van der Waals surface area contributed by atoms with Gasteiger partial charge in [-0.15, -0.1) is 0 Å². The molecule has 0 aliphatic rings. The molecule has 0 aliphatic carbocycles. The van der Waals surface area contributed by atoms with Crippen LogP contribution < -0.4 is 5.73 Å². The van der Waals surface area contributed by atoms with Gasteiger partial charge in [0.25, 0.3) is 5.89 Å². The molecule has 0 amide bonds. The quantitative estimate of drug-likeness (QED) is 0.915. The van der Waals surface area contributed by atoms with E-state index in [9.17, 15) is 0 Å². The largest absolute Gasteiger partial charge is 0.377 e. The van der Waals surface area contributed by atoms with Gasteiger partial charge >= 0.3 is 0 Å². The molecule has 0 spiro atoms. The topological polar surface area (TPSA) is 74.2 Å². The predicted molar refractivity (Wildman–Crippen MR) is 82.0 cm³/mol. The van der Waals surface area contributed by atoms with Gasteiger partial charge in [-0.25, -0.2) is 0 Å². The fraction of sp³-hybridized carbons (Fsp3) is 0.500. The molecule has 0 aliphatic heterocycles. The van der Waals surface area contributed by atoms with E-state index in [1.807, 2.05) is 27.7 Å². The minimum absolute atomic E-state index is 0.129. The van der Waals surface area contributed by atoms with Crippen LogP contribution in [-0.4, -0.2) is 22.9 Å². The second kappa shape index (κ2) is 6.37. The Morgan fingerprint density at radius 3 is 2.38 bits per heavy atom. The number of aryl methyl sites for hydroxylation is 3. The van der Waals surface area contributed by atoms with Gasteiger partial charge in [0, 0.05) is 5.56 Å². The molecule has 1 aromatic carbocycles. The van der Waals surface area contributed by atoms with Crippen LogP contribution in [-0.2, 0) is 4.74 Å². The van der Waals surface area contributed by atoms with Gasteiger partial charge in [-0.05, 0) is 45.7 Å². The Hall–Kier alpha value is -1.72. The van der Waals surface area contributed by atoms with Crippen LogP contribution in [0.5, 0.6) is 0 Å². The number of rotatable bonds is 5. The molecule has 21 heavy (non-hydrogen) atoms. The molecule has 114 valence electrons. The lowest BCUT2D eigenvalue weighted by molar-refractivity contribution is 0.0665. The third kappa shape index (κ3) is 3.68. The summed E-state index contributed by atoms with van der Waals surface area (Å²) in [6.07, 6.45) is 0.129. The Morgan fingerprint density at radius 1 is 1.19 bits per heavy atom. The van der Waals surface area contributed by atoms with Crippen molar-refractivity contribution in [3.63, 3.8) is 0 Å². The monoisotopic (exact) mass is 289 g/mol. The maximum Gasteiger partial charge on any atom is 0.258 e. The zero-order valence-corrected chi connectivity index (χ0v) is 13.3. The molecule has 2 rings (SSSR count). The Labute approximate surface area is 125 Å². The van der Waals surface area contributed by atoms with E-state index in [1.165, 1.54) is 5.56 Å². The number of hydrogen-bond acceptors (Lipinski definition) is 5. The van der Waals surface area contributed by atoms with E-state index in [2.05, 4.69) is 29.2 Å². The summed E-state index contributed by atoms with van der Waals surface area (Å²) in [4.78, 5) is 4.43. The fourth-order valence-corrected chi connectivity index (χ4v) is 2.38. The number of ether oxygens (including phenoxy) is 1. The molecule has 2 N–H and O–H groups in total. The first-order chi connectivity index (χ1) is 9.88. The van der Waals surface area contributed by atoms with Gasteiger partial charge < -0.3 is 15.0 Å². The van der Waals surface area contributed by atoms with E-state index in [0.717, 1.165) is 16.7 Å². The smallest absolute Gasteiger partial charge is 0.258 e. The molecule has 0 fully saturated rings. The fourth-order valence-electron chi connectivity index (χ4n) is 2.38. The number of hydrogen-bond donors (Lipinski definition) is 1. The first kappa shape index (κ1) is 15.7. The van der Waals surface area contributed by atoms with Gasteiger partial charge in [-0.1, -0.05) is 22.9 Å². The predicted octanol–water partition coefficient (Wildman–Crippen LogP) is 3.09. The van der Waals surface area contributed by atoms with Crippen molar-refractivity contribution in [3.05, 3.63) is 34.6 Å². The Morgan fingerprint density at radius 2 is 1.81 bits per heavy atom. The average Bonchev–Trinajstić information content (AvgIpc) is 2.84. The minimum Gasteiger partial charge on any atom is -0.377 e. The van der Waals surface area contributed by atoms with Crippen LogP contribution in [0, 0.1) is 20.8 Å². The summed E-state index contributed by atoms with van der Waals surface area (Å²) in [5, 5.41) is 3.98. The highest BCUT2D eigenvalue weighted by Gasteiger charge is 2.18. The highest BCUT2D eigenvalue weighted by atomic mass is 16.5. The van der Waals surface area contributed by atoms with Crippen molar-refractivity contribution in [2.45, 2.75) is 46.8 Å². The molecule has 0 radical (unpaired) electrons. The van der Waals surface area contributed by atoms with Gasteiger partial charge in [-0.3, -0.25) is 0 Å². The molecule has 1 atom stereocenters. The van der Waals surface area contributed by atoms with E-state index >= 15 is 0 Å². The van der Waals surface area contributed by atoms with Gasteiger partial charge in [0.15, 0.2) is 5.82 Å². The number of nitrogens with zero attached hydrogens (tertiary/aromatic N) is 2. The maximum atomic E-state index is 6.02. The summed E-state index contributed by atoms with van der Waals surface area (Å²) in [5.41, 5.74) is 10.5. The lowest BCUT2D eigenvalue weighted by atomic mass is 10.00. The Balaban J connectivity index is 2.24. The zero-order valence-electron chi connectivity index (χ0n) is 13.3. The summed E-state index contributed by atoms with van der Waals surface area (Å²) >= 11 is 0. The van der Waals surface area contributed by atoms with Crippen LogP contribution in [0.4, 0.5) is 0 Å². The SMILES string of the molecule is Cc1cc(C)c(-c2nc(C(N)COC(C)C)no2)c(C)c1. The molecular weight excluding hydrogens is 266 g/mol. The summed E-state index contributed by atoms with van der Waals surface area (Å²) < 4.78 is 10.9. The molecule has 0 saturated heterocycles. The van der Waals surface area contributed by atoms with Crippen molar-refractivity contribution in [1.82, 2.24) is 10.1 Å². The van der Waals surface area contributed by atoms with Gasteiger partial charge in [0.1, 0.15) is 0 Å². The van der Waals surface area contributed by atoms with Crippen molar-refractivity contribution >= 4 is 0 Å². The molecule has 1 heterocycles. The van der Waals surface area contributed by atoms with Crippen molar-refractivity contribution in [1.29, 1.82) is 0 Å². The van der Waals surface area contributed by atoms with Crippen molar-refractivity contribution < 1.29 is 9.26 Å². The Kier molecular flexibility index (Phi) is 4.75. The molecule has 0 saturated carbocycles. The van der Waals surface area contributed by atoms with Gasteiger partial charge in [-0.2, -0.15) is 4.98 Å². The van der Waals surface area contributed by atoms with E-state index in [0.29, 0.717) is 18.3 Å². The molecule has 1 aromatic heterocycles. The van der Waals surface area contributed by atoms with Gasteiger partial charge in [0.05, 0.1) is 18.8 Å². The van der Waals surface area contributed by atoms with Crippen LogP contribution in [0.1, 0.15) is 42.4 Å². The van der Waals surface area contributed by atoms with Crippen molar-refractivity contribution in [2.75, 3.05) is 6.61 Å². The summed E-state index contributed by atoms with van der Waals surface area (Å²) in [7, 11) is 0.